The minimum atomic E-state index is -1.03. The fourth-order valence-electron chi connectivity index (χ4n) is 4.59. The lowest BCUT2D eigenvalue weighted by Gasteiger charge is -2.11. The van der Waals surface area contributed by atoms with E-state index in [1.807, 2.05) is 0 Å². The van der Waals surface area contributed by atoms with Crippen LogP contribution in [0.15, 0.2) is 116 Å². The summed E-state index contributed by atoms with van der Waals surface area (Å²) in [4.78, 5) is 72.7. The number of rotatable bonds is 20. The standard InChI is InChI=1S/C42H39ClN2O12/c1-3-37(46)54-25-7-5-23-52-31-14-18-33(19-15-31)56-41(50)28-9-12-30(13-10-28)44-39(48)40(49)45-36-22-11-29(27-35(36)43)42(51)57-34-20-16-32(17-21-34)53-24-6-8-26-55-38(47)4-2/h3-4,9-22,27H,1-2,5-8,23-26H2,(H,44,48)(H,45,49). The molecule has 0 aliphatic carbocycles. The molecule has 0 heterocycles. The van der Waals surface area contributed by atoms with E-state index in [4.69, 9.17) is 40.0 Å². The van der Waals surface area contributed by atoms with Crippen LogP contribution in [0.3, 0.4) is 0 Å². The van der Waals surface area contributed by atoms with E-state index in [0.717, 1.165) is 12.2 Å². The first kappa shape index (κ1) is 42.8. The number of nitrogens with one attached hydrogen (secondary N) is 2. The zero-order valence-electron chi connectivity index (χ0n) is 30.7. The highest BCUT2D eigenvalue weighted by Crippen LogP contribution is 2.25. The van der Waals surface area contributed by atoms with Gasteiger partial charge in [0.25, 0.3) is 0 Å². The molecule has 4 rings (SSSR count). The van der Waals surface area contributed by atoms with Gasteiger partial charge < -0.3 is 39.1 Å². The molecule has 57 heavy (non-hydrogen) atoms. The maximum absolute atomic E-state index is 12.7. The van der Waals surface area contributed by atoms with E-state index in [-0.39, 0.29) is 52.2 Å². The molecule has 0 aromatic heterocycles. The molecule has 2 amide bonds. The van der Waals surface area contributed by atoms with E-state index >= 15 is 0 Å². The molecule has 0 atom stereocenters. The van der Waals surface area contributed by atoms with Gasteiger partial charge in [-0.1, -0.05) is 24.8 Å². The summed E-state index contributed by atoms with van der Waals surface area (Å²) in [6.07, 6.45) is 4.81. The van der Waals surface area contributed by atoms with Crippen molar-refractivity contribution in [1.82, 2.24) is 0 Å². The van der Waals surface area contributed by atoms with E-state index in [1.54, 1.807) is 48.5 Å². The highest BCUT2D eigenvalue weighted by Gasteiger charge is 2.18. The Morgan fingerprint density at radius 1 is 0.526 bits per heavy atom. The zero-order chi connectivity index (χ0) is 41.0. The summed E-state index contributed by atoms with van der Waals surface area (Å²) in [5, 5.41) is 4.82. The van der Waals surface area contributed by atoms with Gasteiger partial charge in [-0.3, -0.25) is 9.59 Å². The van der Waals surface area contributed by atoms with Gasteiger partial charge in [-0.25, -0.2) is 19.2 Å². The van der Waals surface area contributed by atoms with Crippen LogP contribution in [-0.2, 0) is 28.7 Å². The van der Waals surface area contributed by atoms with E-state index in [9.17, 15) is 28.8 Å². The van der Waals surface area contributed by atoms with Gasteiger partial charge in [-0.2, -0.15) is 0 Å². The van der Waals surface area contributed by atoms with Gasteiger partial charge >= 0.3 is 35.7 Å². The van der Waals surface area contributed by atoms with Crippen LogP contribution in [0.4, 0.5) is 11.4 Å². The molecule has 0 spiro atoms. The van der Waals surface area contributed by atoms with Crippen LogP contribution in [0.1, 0.15) is 46.4 Å². The van der Waals surface area contributed by atoms with Crippen molar-refractivity contribution in [1.29, 1.82) is 0 Å². The molecule has 0 radical (unpaired) electrons. The van der Waals surface area contributed by atoms with Crippen LogP contribution in [0.2, 0.25) is 5.02 Å². The molecular formula is C42H39ClN2O12. The molecule has 14 nitrogen and oxygen atoms in total. The van der Waals surface area contributed by atoms with Crippen molar-refractivity contribution in [2.45, 2.75) is 25.7 Å². The summed E-state index contributed by atoms with van der Waals surface area (Å²) >= 11 is 6.30. The molecule has 0 aliphatic rings. The van der Waals surface area contributed by atoms with E-state index in [2.05, 4.69) is 23.8 Å². The minimum Gasteiger partial charge on any atom is -0.494 e. The number of esters is 4. The molecular weight excluding hydrogens is 760 g/mol. The third-order valence-corrected chi connectivity index (χ3v) is 7.86. The molecule has 0 fully saturated rings. The van der Waals surface area contributed by atoms with Crippen LogP contribution >= 0.6 is 11.6 Å². The molecule has 0 unspecified atom stereocenters. The van der Waals surface area contributed by atoms with Crippen molar-refractivity contribution in [2.24, 2.45) is 0 Å². The number of benzene rings is 4. The molecule has 0 saturated carbocycles. The number of halogens is 1. The van der Waals surface area contributed by atoms with Crippen LogP contribution < -0.4 is 29.6 Å². The quantitative estimate of drug-likeness (QED) is 0.0304. The number of anilines is 2. The van der Waals surface area contributed by atoms with E-state index in [1.165, 1.54) is 42.5 Å². The lowest BCUT2D eigenvalue weighted by Crippen LogP contribution is -2.29. The summed E-state index contributed by atoms with van der Waals surface area (Å²) in [6, 6.07) is 22.6. The highest BCUT2D eigenvalue weighted by molar-refractivity contribution is 6.44. The number of amides is 2. The molecule has 296 valence electrons. The minimum absolute atomic E-state index is 0.0145. The van der Waals surface area contributed by atoms with Gasteiger partial charge in [0, 0.05) is 17.8 Å². The van der Waals surface area contributed by atoms with Gasteiger partial charge in [0.05, 0.1) is 48.3 Å². The largest absolute Gasteiger partial charge is 0.494 e. The number of ether oxygens (including phenoxy) is 6. The van der Waals surface area contributed by atoms with Crippen molar-refractivity contribution in [3.63, 3.8) is 0 Å². The Morgan fingerprint density at radius 2 is 0.947 bits per heavy atom. The summed E-state index contributed by atoms with van der Waals surface area (Å²) in [7, 11) is 0. The van der Waals surface area contributed by atoms with Crippen molar-refractivity contribution in [3.8, 4) is 23.0 Å². The molecule has 0 saturated heterocycles. The Kier molecular flexibility index (Phi) is 16.9. The second-order valence-electron chi connectivity index (χ2n) is 11.8. The van der Waals surface area contributed by atoms with Gasteiger partial charge in [-0.15, -0.1) is 0 Å². The highest BCUT2D eigenvalue weighted by atomic mass is 35.5. The second kappa shape index (κ2) is 22.4. The van der Waals surface area contributed by atoms with Crippen molar-refractivity contribution >= 4 is 58.7 Å². The Hall–Kier alpha value is -6.93. The summed E-state index contributed by atoms with van der Waals surface area (Å²) in [5.41, 5.74) is 0.605. The lowest BCUT2D eigenvalue weighted by atomic mass is 10.2. The van der Waals surface area contributed by atoms with Gasteiger partial charge in [0.1, 0.15) is 23.0 Å². The molecule has 4 aromatic carbocycles. The maximum atomic E-state index is 12.7. The average molecular weight is 799 g/mol. The Balaban J connectivity index is 1.17. The molecule has 0 bridgehead atoms. The van der Waals surface area contributed by atoms with Crippen LogP contribution in [-0.4, -0.2) is 62.1 Å². The van der Waals surface area contributed by atoms with Gasteiger partial charge in [0.2, 0.25) is 0 Å². The van der Waals surface area contributed by atoms with Gasteiger partial charge in [0.15, 0.2) is 0 Å². The molecule has 15 heteroatoms. The predicted molar refractivity (Wildman–Crippen MR) is 210 cm³/mol. The number of carbonyl (C=O) groups excluding carboxylic acids is 6. The SMILES string of the molecule is C=CC(=O)OCCCCOc1ccc(OC(=O)c2ccc(NC(=O)C(=O)Nc3ccc(C(=O)Oc4ccc(OCCCCOC(=O)C=C)cc4)cc3Cl)cc2)cc1. The number of hydrogen-bond donors (Lipinski definition) is 2. The number of unbranched alkanes of at least 4 members (excludes halogenated alkanes) is 2. The molecule has 2 N–H and O–H groups in total. The first-order valence-electron chi connectivity index (χ1n) is 17.5. The Bertz CT molecular complexity index is 2050. The fourth-order valence-corrected chi connectivity index (χ4v) is 4.82. The second-order valence-corrected chi connectivity index (χ2v) is 12.2. The maximum Gasteiger partial charge on any atom is 0.343 e. The Labute approximate surface area is 333 Å². The van der Waals surface area contributed by atoms with Crippen molar-refractivity contribution in [3.05, 3.63) is 132 Å². The number of carbonyl (C=O) groups is 6. The normalized spacial score (nSPS) is 10.3. The topological polar surface area (TPSA) is 182 Å². The van der Waals surface area contributed by atoms with Crippen molar-refractivity contribution in [2.75, 3.05) is 37.1 Å². The fraction of sp³-hybridized carbons (Fsp3) is 0.190. The third-order valence-electron chi connectivity index (χ3n) is 7.54. The predicted octanol–water partition coefficient (Wildman–Crippen LogP) is 7.13. The smallest absolute Gasteiger partial charge is 0.343 e. The van der Waals surface area contributed by atoms with E-state index in [0.29, 0.717) is 50.4 Å². The zero-order valence-corrected chi connectivity index (χ0v) is 31.4. The first-order valence-corrected chi connectivity index (χ1v) is 17.9. The Morgan fingerprint density at radius 3 is 1.42 bits per heavy atom. The molecule has 0 aliphatic heterocycles. The van der Waals surface area contributed by atoms with Crippen LogP contribution in [0, 0.1) is 0 Å². The summed E-state index contributed by atoms with van der Waals surface area (Å²) < 4.78 is 31.9. The third kappa shape index (κ3) is 14.7. The monoisotopic (exact) mass is 798 g/mol. The lowest BCUT2D eigenvalue weighted by molar-refractivity contribution is -0.138. The number of hydrogen-bond acceptors (Lipinski definition) is 12. The van der Waals surface area contributed by atoms with Crippen molar-refractivity contribution < 1.29 is 57.2 Å². The van der Waals surface area contributed by atoms with Crippen LogP contribution in [0.25, 0.3) is 0 Å². The van der Waals surface area contributed by atoms with E-state index < -0.39 is 35.7 Å². The van der Waals surface area contributed by atoms with Crippen LogP contribution in [0.5, 0.6) is 23.0 Å². The average Bonchev–Trinajstić information content (AvgIpc) is 3.22. The molecule has 4 aromatic rings. The summed E-state index contributed by atoms with van der Waals surface area (Å²) in [6.45, 7) is 8.03. The summed E-state index contributed by atoms with van der Waals surface area (Å²) in [5.74, 6) is -2.66. The first-order chi connectivity index (χ1) is 27.5. The van der Waals surface area contributed by atoms with Gasteiger partial charge in [-0.05, 0) is 117 Å².